The van der Waals surface area contributed by atoms with Gasteiger partial charge in [0, 0.05) is 19.2 Å². The number of aryl methyl sites for hydroxylation is 2. The maximum Gasteiger partial charge on any atom is 0.420 e. The molecule has 8 heteroatoms. The number of pyridine rings is 1. The Labute approximate surface area is 228 Å². The van der Waals surface area contributed by atoms with Crippen LogP contribution in [0, 0.1) is 6.92 Å². The number of hydrogen-bond donors (Lipinski definition) is 0. The van der Waals surface area contributed by atoms with Crippen molar-refractivity contribution >= 4 is 28.6 Å². The van der Waals surface area contributed by atoms with Crippen LogP contribution in [0.1, 0.15) is 63.6 Å². The number of nitrogens with zero attached hydrogens (tertiary/aromatic N) is 4. The molecule has 1 saturated carbocycles. The Bertz CT molecular complexity index is 1540. The number of fused-ring (bicyclic) bond motifs is 1. The Morgan fingerprint density at radius 2 is 1.77 bits per heavy atom. The van der Waals surface area contributed by atoms with Crippen LogP contribution in [-0.4, -0.2) is 25.8 Å². The molecule has 0 bridgehead atoms. The third kappa shape index (κ3) is 5.55. The highest BCUT2D eigenvalue weighted by Gasteiger charge is 2.29. The van der Waals surface area contributed by atoms with Crippen LogP contribution in [0.5, 0.6) is 5.75 Å². The smallest absolute Gasteiger partial charge is 0.420 e. The van der Waals surface area contributed by atoms with Gasteiger partial charge in [-0.2, -0.15) is 0 Å². The normalized spacial score (nSPS) is 14.1. The Morgan fingerprint density at radius 1 is 1.05 bits per heavy atom. The van der Waals surface area contributed by atoms with Crippen LogP contribution in [0.15, 0.2) is 65.6 Å². The molecule has 2 aromatic carbocycles. The molecule has 0 spiro atoms. The maximum absolute atomic E-state index is 13.6. The van der Waals surface area contributed by atoms with Crippen molar-refractivity contribution in [3.8, 4) is 5.75 Å². The Hall–Kier alpha value is -4.07. The fourth-order valence-electron chi connectivity index (χ4n) is 5.22. The first-order chi connectivity index (χ1) is 18.6. The van der Waals surface area contributed by atoms with Crippen molar-refractivity contribution in [2.75, 3.05) is 4.90 Å². The van der Waals surface area contributed by atoms with Gasteiger partial charge in [0.15, 0.2) is 0 Å². The third-order valence-corrected chi connectivity index (χ3v) is 7.11. The van der Waals surface area contributed by atoms with Crippen molar-refractivity contribution in [1.82, 2.24) is 14.1 Å². The van der Waals surface area contributed by atoms with E-state index in [9.17, 15) is 9.59 Å². The van der Waals surface area contributed by atoms with Crippen LogP contribution in [0.2, 0.25) is 0 Å². The summed E-state index contributed by atoms with van der Waals surface area (Å²) in [5.74, 6) is 1.10. The van der Waals surface area contributed by atoms with Gasteiger partial charge in [-0.3, -0.25) is 9.13 Å². The first-order valence-corrected chi connectivity index (χ1v) is 13.5. The van der Waals surface area contributed by atoms with Crippen LogP contribution >= 0.6 is 0 Å². The van der Waals surface area contributed by atoms with Gasteiger partial charge < -0.3 is 9.47 Å². The highest BCUT2D eigenvalue weighted by Crippen LogP contribution is 2.35. The minimum Gasteiger partial charge on any atom is -0.489 e. The monoisotopic (exact) mass is 528 g/mol. The molecular formula is C31H36N4O4. The lowest BCUT2D eigenvalue weighted by molar-refractivity contribution is 0.0598. The second-order valence-corrected chi connectivity index (χ2v) is 11.2. The zero-order valence-corrected chi connectivity index (χ0v) is 23.3. The van der Waals surface area contributed by atoms with E-state index in [4.69, 9.17) is 9.47 Å². The first kappa shape index (κ1) is 26.5. The molecule has 0 saturated heterocycles. The van der Waals surface area contributed by atoms with Crippen molar-refractivity contribution < 1.29 is 14.3 Å². The molecule has 204 valence electrons. The topological polar surface area (TPSA) is 78.6 Å². The molecule has 1 aliphatic carbocycles. The summed E-state index contributed by atoms with van der Waals surface area (Å²) in [5, 5.41) is 0. The van der Waals surface area contributed by atoms with E-state index in [0.717, 1.165) is 47.8 Å². The van der Waals surface area contributed by atoms with Crippen molar-refractivity contribution in [3.63, 3.8) is 0 Å². The lowest BCUT2D eigenvalue weighted by Crippen LogP contribution is -2.34. The van der Waals surface area contributed by atoms with Crippen LogP contribution in [0.3, 0.4) is 0 Å². The molecule has 4 aromatic rings. The van der Waals surface area contributed by atoms with Crippen molar-refractivity contribution in [2.45, 2.75) is 71.6 Å². The summed E-state index contributed by atoms with van der Waals surface area (Å²) >= 11 is 0. The average molecular weight is 529 g/mol. The first-order valence-electron chi connectivity index (χ1n) is 13.5. The van der Waals surface area contributed by atoms with Crippen molar-refractivity contribution in [2.24, 2.45) is 7.05 Å². The Kier molecular flexibility index (Phi) is 7.21. The number of ether oxygens (including phenoxy) is 2. The predicted octanol–water partition coefficient (Wildman–Crippen LogP) is 6.81. The second-order valence-electron chi connectivity index (χ2n) is 11.2. The number of carbonyl (C=O) groups is 1. The van der Waals surface area contributed by atoms with Crippen LogP contribution in [0.4, 0.5) is 16.3 Å². The zero-order valence-electron chi connectivity index (χ0n) is 23.3. The lowest BCUT2D eigenvalue weighted by Gasteiger charge is -2.28. The molecule has 0 unspecified atom stereocenters. The van der Waals surface area contributed by atoms with Gasteiger partial charge in [-0.15, -0.1) is 0 Å². The van der Waals surface area contributed by atoms with Gasteiger partial charge >= 0.3 is 11.8 Å². The molecular weight excluding hydrogens is 492 g/mol. The Balaban J connectivity index is 1.55. The molecule has 1 aliphatic rings. The molecule has 0 atom stereocenters. The number of imidazole rings is 1. The van der Waals surface area contributed by atoms with Gasteiger partial charge in [0.25, 0.3) is 0 Å². The summed E-state index contributed by atoms with van der Waals surface area (Å²) in [6.07, 6.45) is 5.27. The van der Waals surface area contributed by atoms with Gasteiger partial charge in [0.1, 0.15) is 23.8 Å². The van der Waals surface area contributed by atoms with Gasteiger partial charge in [-0.25, -0.2) is 19.5 Å². The van der Waals surface area contributed by atoms with Gasteiger partial charge in [-0.05, 0) is 69.9 Å². The SMILES string of the molecule is Cc1cc(OCc2ccccc2)ccc1N(C(=O)OC(C)(C)C)c1cc2c(cn1)n(C)c(=O)n2C1CCCC1. The van der Waals surface area contributed by atoms with Gasteiger partial charge in [0.05, 0.1) is 22.9 Å². The molecule has 2 heterocycles. The Morgan fingerprint density at radius 3 is 2.44 bits per heavy atom. The van der Waals surface area contributed by atoms with Gasteiger partial charge in [-0.1, -0.05) is 43.2 Å². The minimum absolute atomic E-state index is 0.0595. The van der Waals surface area contributed by atoms with Crippen molar-refractivity contribution in [1.29, 1.82) is 0 Å². The summed E-state index contributed by atoms with van der Waals surface area (Å²) in [7, 11) is 1.77. The molecule has 39 heavy (non-hydrogen) atoms. The van der Waals surface area contributed by atoms with E-state index in [0.29, 0.717) is 23.9 Å². The number of rotatable bonds is 6. The molecule has 0 aliphatic heterocycles. The number of aromatic nitrogens is 3. The number of amides is 1. The number of benzene rings is 2. The summed E-state index contributed by atoms with van der Waals surface area (Å²) in [6.45, 7) is 7.88. The molecule has 8 nitrogen and oxygen atoms in total. The molecule has 0 radical (unpaired) electrons. The number of anilines is 2. The predicted molar refractivity (Wildman–Crippen MR) is 153 cm³/mol. The number of hydrogen-bond acceptors (Lipinski definition) is 5. The molecule has 0 N–H and O–H groups in total. The second kappa shape index (κ2) is 10.6. The van der Waals surface area contributed by atoms with E-state index in [1.54, 1.807) is 17.8 Å². The highest BCUT2D eigenvalue weighted by molar-refractivity contribution is 5.97. The van der Waals surface area contributed by atoms with Crippen LogP contribution < -0.4 is 15.3 Å². The minimum atomic E-state index is -0.704. The summed E-state index contributed by atoms with van der Waals surface area (Å²) in [5.41, 5.74) is 3.28. The van der Waals surface area contributed by atoms with Gasteiger partial charge in [0.2, 0.25) is 0 Å². The zero-order chi connectivity index (χ0) is 27.7. The van der Waals surface area contributed by atoms with E-state index < -0.39 is 11.7 Å². The molecule has 2 aromatic heterocycles. The third-order valence-electron chi connectivity index (χ3n) is 7.11. The fourth-order valence-corrected chi connectivity index (χ4v) is 5.22. The average Bonchev–Trinajstić information content (AvgIpc) is 3.50. The maximum atomic E-state index is 13.6. The van der Waals surface area contributed by atoms with E-state index >= 15 is 0 Å². The lowest BCUT2D eigenvalue weighted by atomic mass is 10.1. The van der Waals surface area contributed by atoms with E-state index in [1.807, 2.05) is 86.9 Å². The van der Waals surface area contributed by atoms with Crippen molar-refractivity contribution in [3.05, 3.63) is 82.4 Å². The van der Waals surface area contributed by atoms with Crippen LogP contribution in [-0.2, 0) is 18.4 Å². The summed E-state index contributed by atoms with van der Waals surface area (Å²) in [6, 6.07) is 17.5. The highest BCUT2D eigenvalue weighted by atomic mass is 16.6. The quantitative estimate of drug-likeness (QED) is 0.275. The molecule has 5 rings (SSSR count). The standard InChI is InChI=1S/C31H36N4O4/c1-21-17-24(38-20-22-11-7-6-8-12-22)15-16-25(21)35(30(37)39-31(2,3)4)28-18-26-27(19-32-28)33(5)29(36)34(26)23-13-9-10-14-23/h6-8,11-12,15-19,23H,9-10,13-14,20H2,1-5H3. The van der Waals surface area contributed by atoms with E-state index in [2.05, 4.69) is 4.98 Å². The molecule has 1 amide bonds. The largest absolute Gasteiger partial charge is 0.489 e. The fraction of sp³-hybridized carbons (Fsp3) is 0.387. The summed E-state index contributed by atoms with van der Waals surface area (Å²) in [4.78, 5) is 32.9. The molecule has 1 fully saturated rings. The van der Waals surface area contributed by atoms with Crippen LogP contribution in [0.25, 0.3) is 11.0 Å². The van der Waals surface area contributed by atoms with E-state index in [-0.39, 0.29) is 11.7 Å². The summed E-state index contributed by atoms with van der Waals surface area (Å²) < 4.78 is 15.3. The van der Waals surface area contributed by atoms with E-state index in [1.165, 1.54) is 4.90 Å². The number of carbonyl (C=O) groups excluding carboxylic acids is 1.